The Labute approximate surface area is 99.5 Å². The Morgan fingerprint density at radius 3 is 2.50 bits per heavy atom. The number of carbonyl (C=O) groups excluding carboxylic acids is 1. The van der Waals surface area contributed by atoms with Crippen molar-refractivity contribution in [1.29, 1.82) is 0 Å². The predicted octanol–water partition coefficient (Wildman–Crippen LogP) is 2.39. The molecule has 0 radical (unpaired) electrons. The molecule has 0 aromatic heterocycles. The van der Waals surface area contributed by atoms with Crippen molar-refractivity contribution in [2.24, 2.45) is 0 Å². The molecule has 0 heterocycles. The highest BCUT2D eigenvalue weighted by atomic mass is 35.5. The first-order valence-corrected chi connectivity index (χ1v) is 4.59. The highest BCUT2D eigenvalue weighted by Crippen LogP contribution is 2.40. The molecule has 0 atom stereocenters. The maximum absolute atomic E-state index is 11.3. The van der Waals surface area contributed by atoms with Gasteiger partial charge >= 0.3 is 11.7 Å². The summed E-state index contributed by atoms with van der Waals surface area (Å²) in [4.78, 5) is 21.0. The third kappa shape index (κ3) is 2.02. The molecule has 0 bridgehead atoms. The maximum atomic E-state index is 11.3. The minimum atomic E-state index is -1.02. The van der Waals surface area contributed by atoms with Gasteiger partial charge in [-0.2, -0.15) is 0 Å². The van der Waals surface area contributed by atoms with Crippen LogP contribution in [0.3, 0.4) is 0 Å². The number of phenols is 1. The molecule has 0 saturated carbocycles. The van der Waals surface area contributed by atoms with E-state index in [0.717, 1.165) is 13.2 Å². The standard InChI is InChI=1S/C8H5Cl2NO5/c1-16-8(13)5-3(9)2-4(10)7(12)6(5)11(14)15/h2,12H,1H3. The minimum absolute atomic E-state index is 0.263. The van der Waals surface area contributed by atoms with E-state index in [-0.39, 0.29) is 10.0 Å². The van der Waals surface area contributed by atoms with Crippen LogP contribution in [0.15, 0.2) is 6.07 Å². The quantitative estimate of drug-likeness (QED) is 0.504. The van der Waals surface area contributed by atoms with E-state index in [1.807, 2.05) is 0 Å². The molecule has 0 aliphatic rings. The van der Waals surface area contributed by atoms with Crippen LogP contribution in [-0.2, 0) is 4.74 Å². The summed E-state index contributed by atoms with van der Waals surface area (Å²) < 4.78 is 4.32. The maximum Gasteiger partial charge on any atom is 0.346 e. The zero-order chi connectivity index (χ0) is 12.5. The number of hydrogen-bond donors (Lipinski definition) is 1. The molecular weight excluding hydrogens is 261 g/mol. The number of halogens is 2. The molecule has 0 spiro atoms. The Bertz CT molecular complexity index is 474. The number of hydrogen-bond acceptors (Lipinski definition) is 5. The highest BCUT2D eigenvalue weighted by molar-refractivity contribution is 6.38. The van der Waals surface area contributed by atoms with Gasteiger partial charge in [-0.25, -0.2) is 4.79 Å². The van der Waals surface area contributed by atoms with Crippen molar-refractivity contribution < 1.29 is 19.6 Å². The van der Waals surface area contributed by atoms with Crippen LogP contribution in [0, 0.1) is 10.1 Å². The van der Waals surface area contributed by atoms with Crippen molar-refractivity contribution in [2.45, 2.75) is 0 Å². The van der Waals surface area contributed by atoms with E-state index in [1.54, 1.807) is 0 Å². The summed E-state index contributed by atoms with van der Waals surface area (Å²) in [5.74, 6) is -1.85. The second-order valence-corrected chi connectivity index (χ2v) is 3.48. The Morgan fingerprint density at radius 1 is 1.50 bits per heavy atom. The van der Waals surface area contributed by atoms with E-state index in [4.69, 9.17) is 23.2 Å². The first-order chi connectivity index (χ1) is 7.40. The lowest BCUT2D eigenvalue weighted by molar-refractivity contribution is -0.386. The zero-order valence-corrected chi connectivity index (χ0v) is 9.37. The minimum Gasteiger partial charge on any atom is -0.501 e. The third-order valence-corrected chi connectivity index (χ3v) is 2.34. The fraction of sp³-hybridized carbons (Fsp3) is 0.125. The smallest absolute Gasteiger partial charge is 0.346 e. The SMILES string of the molecule is COC(=O)c1c(Cl)cc(Cl)c(O)c1[N+](=O)[O-]. The lowest BCUT2D eigenvalue weighted by atomic mass is 10.1. The van der Waals surface area contributed by atoms with Crippen LogP contribution >= 0.6 is 23.2 Å². The number of carbonyl (C=O) groups is 1. The molecular formula is C8H5Cl2NO5. The summed E-state index contributed by atoms with van der Waals surface area (Å²) in [6.07, 6.45) is 0. The van der Waals surface area contributed by atoms with Crippen molar-refractivity contribution in [1.82, 2.24) is 0 Å². The average molecular weight is 266 g/mol. The van der Waals surface area contributed by atoms with Crippen LogP contribution < -0.4 is 0 Å². The molecule has 0 aliphatic carbocycles. The molecule has 0 fully saturated rings. The van der Waals surface area contributed by atoms with Crippen LogP contribution in [0.5, 0.6) is 5.75 Å². The van der Waals surface area contributed by atoms with Crippen LogP contribution in [0.25, 0.3) is 0 Å². The topological polar surface area (TPSA) is 89.7 Å². The molecule has 1 N–H and O–H groups in total. The highest BCUT2D eigenvalue weighted by Gasteiger charge is 2.30. The van der Waals surface area contributed by atoms with Gasteiger partial charge in [0, 0.05) is 0 Å². The van der Waals surface area contributed by atoms with Crippen molar-refractivity contribution in [3.63, 3.8) is 0 Å². The summed E-state index contributed by atoms with van der Waals surface area (Å²) in [7, 11) is 1.04. The second kappa shape index (κ2) is 4.54. The number of nitrogens with zero attached hydrogens (tertiary/aromatic N) is 1. The van der Waals surface area contributed by atoms with Gasteiger partial charge in [-0.1, -0.05) is 23.2 Å². The second-order valence-electron chi connectivity index (χ2n) is 2.66. The number of aromatic hydroxyl groups is 1. The van der Waals surface area contributed by atoms with Gasteiger partial charge in [0.1, 0.15) is 0 Å². The predicted molar refractivity (Wildman–Crippen MR) is 56.1 cm³/mol. The Hall–Kier alpha value is -1.53. The third-order valence-electron chi connectivity index (χ3n) is 1.75. The number of ether oxygens (including phenoxy) is 1. The fourth-order valence-corrected chi connectivity index (χ4v) is 1.60. The molecule has 0 aliphatic heterocycles. The van der Waals surface area contributed by atoms with Crippen molar-refractivity contribution in [3.05, 3.63) is 31.8 Å². The molecule has 6 nitrogen and oxygen atoms in total. The average Bonchev–Trinajstić information content (AvgIpc) is 2.21. The lowest BCUT2D eigenvalue weighted by Gasteiger charge is -2.06. The van der Waals surface area contributed by atoms with Crippen LogP contribution in [-0.4, -0.2) is 23.1 Å². The molecule has 0 amide bonds. The zero-order valence-electron chi connectivity index (χ0n) is 7.86. The summed E-state index contributed by atoms with van der Waals surface area (Å²) in [5, 5.41) is 19.5. The largest absolute Gasteiger partial charge is 0.501 e. The number of phenolic OH excluding ortho intramolecular Hbond substituents is 1. The summed E-state index contributed by atoms with van der Waals surface area (Å²) >= 11 is 11.1. The summed E-state index contributed by atoms with van der Waals surface area (Å²) in [5.41, 5.74) is -1.40. The van der Waals surface area contributed by atoms with Crippen LogP contribution in [0.2, 0.25) is 10.0 Å². The van der Waals surface area contributed by atoms with E-state index >= 15 is 0 Å². The Balaban J connectivity index is 3.64. The van der Waals surface area contributed by atoms with Gasteiger partial charge in [0.2, 0.25) is 5.75 Å². The van der Waals surface area contributed by atoms with Crippen LogP contribution in [0.1, 0.15) is 10.4 Å². The van der Waals surface area contributed by atoms with Gasteiger partial charge in [-0.05, 0) is 6.07 Å². The van der Waals surface area contributed by atoms with Gasteiger partial charge in [0.25, 0.3) is 0 Å². The summed E-state index contributed by atoms with van der Waals surface area (Å²) in [6, 6.07) is 1.03. The van der Waals surface area contributed by atoms with Gasteiger partial charge in [0.05, 0.1) is 22.1 Å². The van der Waals surface area contributed by atoms with Gasteiger partial charge < -0.3 is 9.84 Å². The van der Waals surface area contributed by atoms with E-state index in [2.05, 4.69) is 4.74 Å². The Morgan fingerprint density at radius 2 is 2.06 bits per heavy atom. The Kier molecular flexibility index (Phi) is 3.56. The lowest BCUT2D eigenvalue weighted by Crippen LogP contribution is -2.07. The molecule has 86 valence electrons. The fourth-order valence-electron chi connectivity index (χ4n) is 1.07. The van der Waals surface area contributed by atoms with Gasteiger partial charge in [0.15, 0.2) is 5.56 Å². The number of esters is 1. The number of nitro groups is 1. The van der Waals surface area contributed by atoms with E-state index in [1.165, 1.54) is 0 Å². The van der Waals surface area contributed by atoms with Gasteiger partial charge in [-0.15, -0.1) is 0 Å². The summed E-state index contributed by atoms with van der Waals surface area (Å²) in [6.45, 7) is 0. The normalized spacial score (nSPS) is 9.94. The van der Waals surface area contributed by atoms with Crippen LogP contribution in [0.4, 0.5) is 5.69 Å². The molecule has 0 unspecified atom stereocenters. The van der Waals surface area contributed by atoms with E-state index in [0.29, 0.717) is 0 Å². The van der Waals surface area contributed by atoms with Gasteiger partial charge in [-0.3, -0.25) is 10.1 Å². The number of rotatable bonds is 2. The number of methoxy groups -OCH3 is 1. The molecule has 1 aromatic rings. The van der Waals surface area contributed by atoms with E-state index < -0.39 is 27.9 Å². The monoisotopic (exact) mass is 265 g/mol. The van der Waals surface area contributed by atoms with E-state index in [9.17, 15) is 20.0 Å². The molecule has 1 aromatic carbocycles. The van der Waals surface area contributed by atoms with Crippen molar-refractivity contribution >= 4 is 34.9 Å². The molecule has 16 heavy (non-hydrogen) atoms. The van der Waals surface area contributed by atoms with Crippen molar-refractivity contribution in [3.8, 4) is 5.75 Å². The molecule has 1 rings (SSSR count). The number of nitro benzene ring substituents is 1. The first-order valence-electron chi connectivity index (χ1n) is 3.83. The molecule has 0 saturated heterocycles. The first kappa shape index (κ1) is 12.5. The van der Waals surface area contributed by atoms with Crippen molar-refractivity contribution in [2.75, 3.05) is 7.11 Å². The molecule has 8 heteroatoms. The number of benzene rings is 1.